The number of carbonyl (C=O) groups excluding carboxylic acids is 1. The average molecular weight is 206 g/mol. The molecule has 1 heterocycles. The van der Waals surface area contributed by atoms with Crippen molar-refractivity contribution >= 4 is 5.91 Å². The average Bonchev–Trinajstić information content (AvgIpc) is 2.24. The predicted octanol–water partition coefficient (Wildman–Crippen LogP) is 2.26. The Balaban J connectivity index is 2.67. The van der Waals surface area contributed by atoms with Gasteiger partial charge in [0.25, 0.3) is 5.91 Å². The number of pyridine rings is 1. The number of carbonyl (C=O) groups is 1. The van der Waals surface area contributed by atoms with E-state index < -0.39 is 0 Å². The number of aromatic nitrogens is 1. The van der Waals surface area contributed by atoms with Crippen LogP contribution in [0.5, 0.6) is 0 Å². The summed E-state index contributed by atoms with van der Waals surface area (Å²) in [5.74, 6) is 0.0777. The highest BCUT2D eigenvalue weighted by molar-refractivity contribution is 5.94. The molecule has 15 heavy (non-hydrogen) atoms. The molecule has 0 spiro atoms. The predicted molar refractivity (Wildman–Crippen MR) is 60.8 cm³/mol. The number of aryl methyl sites for hydroxylation is 1. The summed E-state index contributed by atoms with van der Waals surface area (Å²) in [6.45, 7) is 4.83. The molecule has 3 heteroatoms. The molecule has 1 aromatic rings. The van der Waals surface area contributed by atoms with Crippen LogP contribution in [0, 0.1) is 6.92 Å². The van der Waals surface area contributed by atoms with Crippen molar-refractivity contribution in [2.45, 2.75) is 26.7 Å². The van der Waals surface area contributed by atoms with E-state index in [-0.39, 0.29) is 5.91 Å². The Labute approximate surface area is 91.1 Å². The number of nitrogens with zero attached hydrogens (tertiary/aromatic N) is 2. The van der Waals surface area contributed by atoms with Gasteiger partial charge < -0.3 is 4.90 Å². The maximum Gasteiger partial charge on any atom is 0.253 e. The molecule has 0 atom stereocenters. The standard InChI is InChI=1S/C12H18N2O/c1-4-5-8-14(3)12(15)11-6-7-13-10(2)9-11/h6-7,9H,4-5,8H2,1-3H3. The second-order valence-electron chi connectivity index (χ2n) is 3.77. The molecular formula is C12H18N2O. The van der Waals surface area contributed by atoms with Gasteiger partial charge in [0.1, 0.15) is 0 Å². The minimum atomic E-state index is 0.0777. The van der Waals surface area contributed by atoms with Crippen molar-refractivity contribution < 1.29 is 4.79 Å². The third kappa shape index (κ3) is 3.35. The monoisotopic (exact) mass is 206 g/mol. The fraction of sp³-hybridized carbons (Fsp3) is 0.500. The van der Waals surface area contributed by atoms with E-state index in [0.717, 1.165) is 30.6 Å². The van der Waals surface area contributed by atoms with Crippen molar-refractivity contribution in [3.63, 3.8) is 0 Å². The Morgan fingerprint density at radius 1 is 1.53 bits per heavy atom. The van der Waals surface area contributed by atoms with E-state index in [1.807, 2.05) is 20.0 Å². The van der Waals surface area contributed by atoms with E-state index in [1.54, 1.807) is 17.2 Å². The first-order valence-corrected chi connectivity index (χ1v) is 5.33. The molecule has 82 valence electrons. The molecule has 1 aromatic heterocycles. The molecule has 0 aromatic carbocycles. The van der Waals surface area contributed by atoms with Gasteiger partial charge in [0.05, 0.1) is 0 Å². The highest BCUT2D eigenvalue weighted by atomic mass is 16.2. The molecule has 1 rings (SSSR count). The lowest BCUT2D eigenvalue weighted by Gasteiger charge is -2.16. The Morgan fingerprint density at radius 2 is 2.27 bits per heavy atom. The van der Waals surface area contributed by atoms with Crippen LogP contribution in [-0.2, 0) is 0 Å². The highest BCUT2D eigenvalue weighted by Crippen LogP contribution is 2.05. The SMILES string of the molecule is CCCCN(C)C(=O)c1ccnc(C)c1. The second-order valence-corrected chi connectivity index (χ2v) is 3.77. The van der Waals surface area contributed by atoms with Gasteiger partial charge >= 0.3 is 0 Å². The number of rotatable bonds is 4. The fourth-order valence-electron chi connectivity index (χ4n) is 1.40. The van der Waals surface area contributed by atoms with Crippen molar-refractivity contribution in [3.05, 3.63) is 29.6 Å². The molecule has 1 amide bonds. The van der Waals surface area contributed by atoms with E-state index in [0.29, 0.717) is 0 Å². The molecule has 0 bridgehead atoms. The van der Waals surface area contributed by atoms with Crippen LogP contribution in [0.15, 0.2) is 18.3 Å². The summed E-state index contributed by atoms with van der Waals surface area (Å²) in [6.07, 6.45) is 3.83. The Hall–Kier alpha value is -1.38. The lowest BCUT2D eigenvalue weighted by atomic mass is 10.2. The van der Waals surface area contributed by atoms with Gasteiger partial charge in [0, 0.05) is 31.0 Å². The third-order valence-corrected chi connectivity index (χ3v) is 2.34. The minimum absolute atomic E-state index is 0.0777. The molecule has 0 fully saturated rings. The third-order valence-electron chi connectivity index (χ3n) is 2.34. The molecule has 0 N–H and O–H groups in total. The second kappa shape index (κ2) is 5.49. The molecule has 0 unspecified atom stereocenters. The van der Waals surface area contributed by atoms with Gasteiger partial charge in [-0.15, -0.1) is 0 Å². The molecule has 3 nitrogen and oxygen atoms in total. The van der Waals surface area contributed by atoms with Crippen LogP contribution in [0.3, 0.4) is 0 Å². The van der Waals surface area contributed by atoms with Gasteiger partial charge in [-0.3, -0.25) is 9.78 Å². The van der Waals surface area contributed by atoms with Gasteiger partial charge in [0.15, 0.2) is 0 Å². The van der Waals surface area contributed by atoms with Crippen LogP contribution in [0.1, 0.15) is 35.8 Å². The number of unbranched alkanes of at least 4 members (excludes halogenated alkanes) is 1. The first kappa shape index (κ1) is 11.7. The molecule has 0 saturated carbocycles. The number of amides is 1. The molecule has 0 radical (unpaired) electrons. The summed E-state index contributed by atoms with van der Waals surface area (Å²) in [4.78, 5) is 17.7. The van der Waals surface area contributed by atoms with Crippen molar-refractivity contribution in [2.24, 2.45) is 0 Å². The fourth-order valence-corrected chi connectivity index (χ4v) is 1.40. The largest absolute Gasteiger partial charge is 0.342 e. The van der Waals surface area contributed by atoms with E-state index in [1.165, 1.54) is 0 Å². The van der Waals surface area contributed by atoms with E-state index in [4.69, 9.17) is 0 Å². The van der Waals surface area contributed by atoms with Crippen molar-refractivity contribution in [1.29, 1.82) is 0 Å². The van der Waals surface area contributed by atoms with Crippen LogP contribution in [0.2, 0.25) is 0 Å². The summed E-state index contributed by atoms with van der Waals surface area (Å²) >= 11 is 0. The van der Waals surface area contributed by atoms with Crippen LogP contribution in [0.4, 0.5) is 0 Å². The van der Waals surface area contributed by atoms with Gasteiger partial charge in [-0.1, -0.05) is 13.3 Å². The zero-order valence-electron chi connectivity index (χ0n) is 9.66. The van der Waals surface area contributed by atoms with Crippen LogP contribution in [-0.4, -0.2) is 29.4 Å². The van der Waals surface area contributed by atoms with E-state index in [2.05, 4.69) is 11.9 Å². The quantitative estimate of drug-likeness (QED) is 0.757. The van der Waals surface area contributed by atoms with Crippen LogP contribution >= 0.6 is 0 Å². The Kier molecular flexibility index (Phi) is 4.28. The smallest absolute Gasteiger partial charge is 0.253 e. The first-order valence-electron chi connectivity index (χ1n) is 5.33. The first-order chi connectivity index (χ1) is 7.15. The molecule has 0 aliphatic rings. The minimum Gasteiger partial charge on any atom is -0.342 e. The van der Waals surface area contributed by atoms with Crippen molar-refractivity contribution in [1.82, 2.24) is 9.88 Å². The highest BCUT2D eigenvalue weighted by Gasteiger charge is 2.10. The van der Waals surface area contributed by atoms with Crippen LogP contribution in [0.25, 0.3) is 0 Å². The van der Waals surface area contributed by atoms with Gasteiger partial charge in [-0.05, 0) is 25.5 Å². The summed E-state index contributed by atoms with van der Waals surface area (Å²) in [6, 6.07) is 3.59. The van der Waals surface area contributed by atoms with Gasteiger partial charge in [-0.25, -0.2) is 0 Å². The van der Waals surface area contributed by atoms with Gasteiger partial charge in [0.2, 0.25) is 0 Å². The molecule has 0 aliphatic heterocycles. The molecule has 0 saturated heterocycles. The molecular weight excluding hydrogens is 188 g/mol. The molecule has 0 aliphatic carbocycles. The number of hydrogen-bond acceptors (Lipinski definition) is 2. The zero-order valence-corrected chi connectivity index (χ0v) is 9.66. The summed E-state index contributed by atoms with van der Waals surface area (Å²) in [7, 11) is 1.84. The lowest BCUT2D eigenvalue weighted by Crippen LogP contribution is -2.27. The summed E-state index contributed by atoms with van der Waals surface area (Å²) < 4.78 is 0. The normalized spacial score (nSPS) is 10.1. The Bertz CT molecular complexity index is 336. The number of hydrogen-bond donors (Lipinski definition) is 0. The Morgan fingerprint density at radius 3 is 2.87 bits per heavy atom. The van der Waals surface area contributed by atoms with Gasteiger partial charge in [-0.2, -0.15) is 0 Å². The van der Waals surface area contributed by atoms with Crippen LogP contribution < -0.4 is 0 Å². The summed E-state index contributed by atoms with van der Waals surface area (Å²) in [5, 5.41) is 0. The van der Waals surface area contributed by atoms with Crippen molar-refractivity contribution in [3.8, 4) is 0 Å². The maximum absolute atomic E-state index is 11.9. The lowest BCUT2D eigenvalue weighted by molar-refractivity contribution is 0.0793. The summed E-state index contributed by atoms with van der Waals surface area (Å²) in [5.41, 5.74) is 1.60. The zero-order chi connectivity index (χ0) is 11.3. The van der Waals surface area contributed by atoms with E-state index >= 15 is 0 Å². The van der Waals surface area contributed by atoms with E-state index in [9.17, 15) is 4.79 Å². The maximum atomic E-state index is 11.9. The van der Waals surface area contributed by atoms with Crippen molar-refractivity contribution in [2.75, 3.05) is 13.6 Å². The topological polar surface area (TPSA) is 33.2 Å².